The van der Waals surface area contributed by atoms with Gasteiger partial charge in [0.1, 0.15) is 0 Å². The first-order chi connectivity index (χ1) is 6.03. The summed E-state index contributed by atoms with van der Waals surface area (Å²) >= 11 is 0. The van der Waals surface area contributed by atoms with E-state index in [1.165, 1.54) is 0 Å². The highest BCUT2D eigenvalue weighted by Crippen LogP contribution is 2.09. The fraction of sp³-hybridized carbons (Fsp3) is 0.200. The number of benzene rings is 1. The van der Waals surface area contributed by atoms with Gasteiger partial charge in [-0.05, 0) is 12.5 Å². The Labute approximate surface area is 78.8 Å². The van der Waals surface area contributed by atoms with Gasteiger partial charge in [-0.2, -0.15) is 0 Å². The summed E-state index contributed by atoms with van der Waals surface area (Å²) in [6.07, 6.45) is 0. The highest BCUT2D eigenvalue weighted by Gasteiger charge is 2.05. The molecule has 13 heavy (non-hydrogen) atoms. The molecule has 0 atom stereocenters. The Bertz CT molecular complexity index is 405. The minimum atomic E-state index is -3.13. The van der Waals surface area contributed by atoms with Gasteiger partial charge >= 0.3 is 0 Å². The highest BCUT2D eigenvalue weighted by molar-refractivity contribution is 7.93. The quantitative estimate of drug-likeness (QED) is 0.741. The molecule has 3 heteroatoms. The largest absolute Gasteiger partial charge is 0.224 e. The predicted molar refractivity (Wildman–Crippen MR) is 54.0 cm³/mol. The van der Waals surface area contributed by atoms with E-state index in [4.69, 9.17) is 0 Å². The lowest BCUT2D eigenvalue weighted by molar-refractivity contribution is 0.604. The van der Waals surface area contributed by atoms with Crippen LogP contribution in [0.3, 0.4) is 0 Å². The van der Waals surface area contributed by atoms with Crippen LogP contribution >= 0.6 is 0 Å². The summed E-state index contributed by atoms with van der Waals surface area (Å²) in [6.45, 7) is 5.20. The topological polar surface area (TPSA) is 34.1 Å². The maximum atomic E-state index is 11.2. The van der Waals surface area contributed by atoms with Crippen molar-refractivity contribution >= 4 is 9.84 Å². The van der Waals surface area contributed by atoms with Gasteiger partial charge in [0.15, 0.2) is 9.84 Å². The number of hydrogen-bond donors (Lipinski definition) is 0. The summed E-state index contributed by atoms with van der Waals surface area (Å²) in [5.74, 6) is 0.0399. The number of hydrogen-bond acceptors (Lipinski definition) is 2. The van der Waals surface area contributed by atoms with Crippen molar-refractivity contribution in [1.29, 1.82) is 0 Å². The smallest absolute Gasteiger partial charge is 0.175 e. The van der Waals surface area contributed by atoms with Gasteiger partial charge in [-0.3, -0.25) is 0 Å². The standard InChI is InChI=1S/C10H12O2S/c1-3-13(11,12)8-10-6-4-5-9(2)7-10/h3-7H,1,8H2,2H3. The summed E-state index contributed by atoms with van der Waals surface area (Å²) in [5, 5.41) is 0.995. The van der Waals surface area contributed by atoms with Gasteiger partial charge in [0.25, 0.3) is 0 Å². The van der Waals surface area contributed by atoms with Crippen molar-refractivity contribution in [3.8, 4) is 0 Å². The second-order valence-electron chi connectivity index (χ2n) is 2.96. The van der Waals surface area contributed by atoms with Crippen molar-refractivity contribution in [1.82, 2.24) is 0 Å². The van der Waals surface area contributed by atoms with E-state index in [9.17, 15) is 8.42 Å². The number of aryl methyl sites for hydroxylation is 1. The molecule has 0 amide bonds. The molecule has 0 aromatic heterocycles. The molecule has 0 bridgehead atoms. The minimum Gasteiger partial charge on any atom is -0.224 e. The summed E-state index contributed by atoms with van der Waals surface area (Å²) in [4.78, 5) is 0. The van der Waals surface area contributed by atoms with E-state index in [1.54, 1.807) is 6.07 Å². The minimum absolute atomic E-state index is 0.0399. The molecule has 1 rings (SSSR count). The summed E-state index contributed by atoms with van der Waals surface area (Å²) < 4.78 is 22.3. The zero-order chi connectivity index (χ0) is 9.90. The van der Waals surface area contributed by atoms with Crippen LogP contribution in [-0.4, -0.2) is 8.42 Å². The van der Waals surface area contributed by atoms with E-state index < -0.39 is 9.84 Å². The Morgan fingerprint density at radius 1 is 1.46 bits per heavy atom. The monoisotopic (exact) mass is 196 g/mol. The molecular weight excluding hydrogens is 184 g/mol. The van der Waals surface area contributed by atoms with Gasteiger partial charge in [-0.1, -0.05) is 36.4 Å². The van der Waals surface area contributed by atoms with E-state index in [2.05, 4.69) is 6.58 Å². The lowest BCUT2D eigenvalue weighted by Crippen LogP contribution is -1.99. The van der Waals surface area contributed by atoms with E-state index in [-0.39, 0.29) is 5.75 Å². The summed E-state index contributed by atoms with van der Waals surface area (Å²) in [5.41, 5.74) is 1.87. The SMILES string of the molecule is C=CS(=O)(=O)Cc1cccc(C)c1. The Kier molecular flexibility index (Phi) is 2.88. The maximum Gasteiger partial charge on any atom is 0.175 e. The van der Waals surface area contributed by atoms with Gasteiger partial charge in [0, 0.05) is 5.41 Å². The van der Waals surface area contributed by atoms with Crippen LogP contribution in [0.1, 0.15) is 11.1 Å². The Hall–Kier alpha value is -1.09. The van der Waals surface area contributed by atoms with Crippen LogP contribution in [0, 0.1) is 6.92 Å². The zero-order valence-electron chi connectivity index (χ0n) is 7.53. The molecule has 0 N–H and O–H groups in total. The maximum absolute atomic E-state index is 11.2. The van der Waals surface area contributed by atoms with Crippen molar-refractivity contribution in [2.45, 2.75) is 12.7 Å². The molecular formula is C10H12O2S. The fourth-order valence-electron chi connectivity index (χ4n) is 1.09. The first-order valence-electron chi connectivity index (χ1n) is 3.94. The molecule has 2 nitrogen and oxygen atoms in total. The predicted octanol–water partition coefficient (Wildman–Crippen LogP) is 2.05. The average molecular weight is 196 g/mol. The van der Waals surface area contributed by atoms with Crippen molar-refractivity contribution < 1.29 is 8.42 Å². The fourth-order valence-corrected chi connectivity index (χ4v) is 1.86. The lowest BCUT2D eigenvalue weighted by atomic mass is 10.2. The van der Waals surface area contributed by atoms with Gasteiger partial charge in [-0.15, -0.1) is 0 Å². The van der Waals surface area contributed by atoms with E-state index in [1.807, 2.05) is 25.1 Å². The molecule has 70 valence electrons. The Morgan fingerprint density at radius 3 is 2.69 bits per heavy atom. The van der Waals surface area contributed by atoms with E-state index in [0.29, 0.717) is 0 Å². The third kappa shape index (κ3) is 3.03. The Balaban J connectivity index is 2.93. The van der Waals surface area contributed by atoms with Crippen LogP contribution in [0.25, 0.3) is 0 Å². The lowest BCUT2D eigenvalue weighted by Gasteiger charge is -2.00. The third-order valence-electron chi connectivity index (χ3n) is 1.70. The van der Waals surface area contributed by atoms with Crippen molar-refractivity contribution in [2.75, 3.05) is 0 Å². The molecule has 1 aromatic carbocycles. The molecule has 0 fully saturated rings. The Morgan fingerprint density at radius 2 is 2.15 bits per heavy atom. The van der Waals surface area contributed by atoms with Gasteiger partial charge in [0.05, 0.1) is 5.75 Å². The first-order valence-corrected chi connectivity index (χ1v) is 5.66. The molecule has 0 aliphatic heterocycles. The molecule has 0 aliphatic rings. The van der Waals surface area contributed by atoms with Crippen LogP contribution < -0.4 is 0 Å². The molecule has 0 saturated heterocycles. The summed E-state index contributed by atoms with van der Waals surface area (Å²) in [7, 11) is -3.13. The zero-order valence-corrected chi connectivity index (χ0v) is 8.34. The molecule has 0 aliphatic carbocycles. The van der Waals surface area contributed by atoms with Gasteiger partial charge in [-0.25, -0.2) is 8.42 Å². The molecule has 0 spiro atoms. The van der Waals surface area contributed by atoms with Crippen molar-refractivity contribution in [3.05, 3.63) is 47.4 Å². The molecule has 0 unspecified atom stereocenters. The second kappa shape index (κ2) is 3.75. The average Bonchev–Trinajstić information content (AvgIpc) is 2.03. The molecule has 1 aromatic rings. The van der Waals surface area contributed by atoms with Crippen LogP contribution in [0.4, 0.5) is 0 Å². The van der Waals surface area contributed by atoms with Crippen LogP contribution in [0.15, 0.2) is 36.3 Å². The third-order valence-corrected chi connectivity index (χ3v) is 2.95. The molecule has 0 saturated carbocycles. The number of sulfone groups is 1. The van der Waals surface area contributed by atoms with Gasteiger partial charge in [0.2, 0.25) is 0 Å². The van der Waals surface area contributed by atoms with Crippen LogP contribution in [0.2, 0.25) is 0 Å². The first kappa shape index (κ1) is 9.99. The van der Waals surface area contributed by atoms with Crippen molar-refractivity contribution in [3.63, 3.8) is 0 Å². The van der Waals surface area contributed by atoms with E-state index in [0.717, 1.165) is 16.5 Å². The van der Waals surface area contributed by atoms with Crippen LogP contribution in [-0.2, 0) is 15.6 Å². The van der Waals surface area contributed by atoms with Gasteiger partial charge < -0.3 is 0 Å². The number of rotatable bonds is 3. The molecule has 0 heterocycles. The normalized spacial score (nSPS) is 11.2. The summed E-state index contributed by atoms with van der Waals surface area (Å²) in [6, 6.07) is 7.45. The highest BCUT2D eigenvalue weighted by atomic mass is 32.2. The molecule has 0 radical (unpaired) electrons. The van der Waals surface area contributed by atoms with Crippen LogP contribution in [0.5, 0.6) is 0 Å². The second-order valence-corrected chi connectivity index (χ2v) is 4.91. The van der Waals surface area contributed by atoms with Crippen molar-refractivity contribution in [2.24, 2.45) is 0 Å². The van der Waals surface area contributed by atoms with E-state index >= 15 is 0 Å².